The van der Waals surface area contributed by atoms with Gasteiger partial charge in [-0.05, 0) is 35.7 Å². The predicted octanol–water partition coefficient (Wildman–Crippen LogP) is 3.59. The van der Waals surface area contributed by atoms with E-state index in [1.54, 1.807) is 18.4 Å². The molecule has 0 bridgehead atoms. The van der Waals surface area contributed by atoms with Crippen LogP contribution in [0.4, 0.5) is 0 Å². The summed E-state index contributed by atoms with van der Waals surface area (Å²) in [5.41, 5.74) is 8.57. The van der Waals surface area contributed by atoms with Crippen LogP contribution in [0, 0.1) is 0 Å². The third-order valence-electron chi connectivity index (χ3n) is 3.46. The van der Waals surface area contributed by atoms with Crippen molar-refractivity contribution in [2.75, 3.05) is 13.7 Å². The molecule has 2 aromatic rings. The number of halogens is 1. The molecule has 3 nitrogen and oxygen atoms in total. The third kappa shape index (κ3) is 2.64. The predicted molar refractivity (Wildman–Crippen MR) is 82.2 cm³/mol. The number of fused-ring (bicyclic) bond motifs is 1. The van der Waals surface area contributed by atoms with Crippen LogP contribution in [0.15, 0.2) is 23.6 Å². The van der Waals surface area contributed by atoms with Gasteiger partial charge in [-0.2, -0.15) is 0 Å². The number of rotatable bonds is 4. The lowest BCUT2D eigenvalue weighted by molar-refractivity contribution is 0.352. The Bertz CT molecular complexity index is 626. The molecule has 0 spiro atoms. The van der Waals surface area contributed by atoms with Gasteiger partial charge in [0.2, 0.25) is 0 Å². The first-order chi connectivity index (χ1) is 9.67. The van der Waals surface area contributed by atoms with Gasteiger partial charge in [-0.25, -0.2) is 0 Å². The van der Waals surface area contributed by atoms with E-state index in [-0.39, 0.29) is 6.04 Å². The van der Waals surface area contributed by atoms with E-state index in [0.29, 0.717) is 6.42 Å². The third-order valence-corrected chi connectivity index (χ3v) is 4.72. The number of thiophene rings is 1. The zero-order valence-electron chi connectivity index (χ0n) is 11.2. The number of hydrogen-bond acceptors (Lipinski definition) is 4. The molecule has 1 unspecified atom stereocenters. The van der Waals surface area contributed by atoms with Crippen LogP contribution < -0.4 is 15.2 Å². The molecular formula is C15H16ClNO2S. The topological polar surface area (TPSA) is 44.5 Å². The lowest BCUT2D eigenvalue weighted by atomic mass is 10.0. The molecule has 0 aliphatic carbocycles. The van der Waals surface area contributed by atoms with Crippen molar-refractivity contribution < 1.29 is 9.47 Å². The average molecular weight is 310 g/mol. The number of ether oxygens (including phenoxy) is 2. The summed E-state index contributed by atoms with van der Waals surface area (Å²) in [5.74, 6) is 1.82. The first-order valence-electron chi connectivity index (χ1n) is 6.49. The number of benzene rings is 1. The van der Waals surface area contributed by atoms with Crippen molar-refractivity contribution >= 4 is 22.9 Å². The summed E-state index contributed by atoms with van der Waals surface area (Å²) in [6.07, 6.45) is 1.64. The molecular weight excluding hydrogens is 294 g/mol. The van der Waals surface area contributed by atoms with E-state index in [4.69, 9.17) is 26.8 Å². The Morgan fingerprint density at radius 3 is 3.05 bits per heavy atom. The molecule has 106 valence electrons. The van der Waals surface area contributed by atoms with Gasteiger partial charge >= 0.3 is 0 Å². The van der Waals surface area contributed by atoms with Crippen LogP contribution in [0.3, 0.4) is 0 Å². The summed E-state index contributed by atoms with van der Waals surface area (Å²) in [5, 5.41) is 2.72. The Morgan fingerprint density at radius 2 is 2.30 bits per heavy atom. The van der Waals surface area contributed by atoms with E-state index >= 15 is 0 Å². The van der Waals surface area contributed by atoms with Gasteiger partial charge in [0, 0.05) is 27.7 Å². The minimum Gasteiger partial charge on any atom is -0.496 e. The minimum absolute atomic E-state index is 0.0735. The summed E-state index contributed by atoms with van der Waals surface area (Å²) >= 11 is 7.79. The van der Waals surface area contributed by atoms with E-state index in [9.17, 15) is 0 Å². The summed E-state index contributed by atoms with van der Waals surface area (Å²) in [7, 11) is 1.66. The molecule has 0 radical (unpaired) electrons. The first kappa shape index (κ1) is 13.7. The molecule has 0 saturated carbocycles. The lowest BCUT2D eigenvalue weighted by Crippen LogP contribution is -2.12. The molecule has 1 aliphatic rings. The second kappa shape index (κ2) is 5.64. The van der Waals surface area contributed by atoms with Crippen molar-refractivity contribution in [3.8, 4) is 11.5 Å². The molecule has 3 rings (SSSR count). The van der Waals surface area contributed by atoms with E-state index in [1.165, 1.54) is 5.56 Å². The molecule has 0 saturated heterocycles. The van der Waals surface area contributed by atoms with Gasteiger partial charge in [-0.1, -0.05) is 11.6 Å². The number of hydrogen-bond donors (Lipinski definition) is 1. The smallest absolute Gasteiger partial charge is 0.129 e. The highest BCUT2D eigenvalue weighted by Gasteiger charge is 2.20. The van der Waals surface area contributed by atoms with Crippen LogP contribution in [0.1, 0.15) is 22.0 Å². The highest BCUT2D eigenvalue weighted by molar-refractivity contribution is 7.10. The fourth-order valence-electron chi connectivity index (χ4n) is 2.47. The monoisotopic (exact) mass is 309 g/mol. The van der Waals surface area contributed by atoms with Crippen molar-refractivity contribution in [3.63, 3.8) is 0 Å². The Labute approximate surface area is 127 Å². The number of nitrogens with two attached hydrogens (primary N) is 1. The van der Waals surface area contributed by atoms with Gasteiger partial charge in [-0.3, -0.25) is 0 Å². The van der Waals surface area contributed by atoms with E-state index in [2.05, 4.69) is 0 Å². The lowest BCUT2D eigenvalue weighted by Gasteiger charge is -2.13. The standard InChI is InChI=1S/C15H16ClNO2S/c1-18-12-7-14(20-8-12)13(17)6-10-5-11(16)4-9-2-3-19-15(9)10/h4-5,7-8,13H,2-3,6,17H2,1H3. The molecule has 2 heterocycles. The summed E-state index contributed by atoms with van der Waals surface area (Å²) < 4.78 is 10.9. The number of methoxy groups -OCH3 is 1. The van der Waals surface area contributed by atoms with Gasteiger partial charge < -0.3 is 15.2 Å². The highest BCUT2D eigenvalue weighted by Crippen LogP contribution is 2.36. The Hall–Kier alpha value is -1.23. The maximum absolute atomic E-state index is 6.30. The summed E-state index contributed by atoms with van der Waals surface area (Å²) in [6.45, 7) is 0.727. The van der Waals surface area contributed by atoms with Crippen molar-refractivity contribution in [1.82, 2.24) is 0 Å². The van der Waals surface area contributed by atoms with Crippen LogP contribution in [0.2, 0.25) is 5.02 Å². The molecule has 1 atom stereocenters. The van der Waals surface area contributed by atoms with E-state index < -0.39 is 0 Å². The summed E-state index contributed by atoms with van der Waals surface area (Å²) in [6, 6.07) is 5.85. The van der Waals surface area contributed by atoms with Crippen LogP contribution in [-0.2, 0) is 12.8 Å². The van der Waals surface area contributed by atoms with Gasteiger partial charge in [-0.15, -0.1) is 11.3 Å². The normalized spacial score (nSPS) is 14.8. The molecule has 20 heavy (non-hydrogen) atoms. The van der Waals surface area contributed by atoms with Crippen LogP contribution in [-0.4, -0.2) is 13.7 Å². The van der Waals surface area contributed by atoms with Crippen molar-refractivity contribution in [2.45, 2.75) is 18.9 Å². The maximum Gasteiger partial charge on any atom is 0.129 e. The second-order valence-electron chi connectivity index (χ2n) is 4.85. The Morgan fingerprint density at radius 1 is 1.45 bits per heavy atom. The zero-order valence-corrected chi connectivity index (χ0v) is 12.8. The molecule has 1 aliphatic heterocycles. The van der Waals surface area contributed by atoms with Crippen molar-refractivity contribution in [1.29, 1.82) is 0 Å². The fraction of sp³-hybridized carbons (Fsp3) is 0.333. The maximum atomic E-state index is 6.30. The molecule has 2 N–H and O–H groups in total. The van der Waals surface area contributed by atoms with Crippen LogP contribution in [0.5, 0.6) is 11.5 Å². The quantitative estimate of drug-likeness (QED) is 0.938. The van der Waals surface area contributed by atoms with E-state index in [0.717, 1.165) is 40.0 Å². The highest BCUT2D eigenvalue weighted by atomic mass is 35.5. The average Bonchev–Trinajstić information content (AvgIpc) is 3.06. The Kier molecular flexibility index (Phi) is 3.87. The van der Waals surface area contributed by atoms with Gasteiger partial charge in [0.15, 0.2) is 0 Å². The first-order valence-corrected chi connectivity index (χ1v) is 7.75. The van der Waals surface area contributed by atoms with Gasteiger partial charge in [0.1, 0.15) is 11.5 Å². The van der Waals surface area contributed by atoms with Gasteiger partial charge in [0.05, 0.1) is 13.7 Å². The van der Waals surface area contributed by atoms with Crippen molar-refractivity contribution in [2.24, 2.45) is 5.73 Å². The molecule has 0 fully saturated rings. The van der Waals surface area contributed by atoms with E-state index in [1.807, 2.05) is 23.6 Å². The Balaban J connectivity index is 1.84. The molecule has 0 amide bonds. The fourth-order valence-corrected chi connectivity index (χ4v) is 3.59. The van der Waals surface area contributed by atoms with Gasteiger partial charge in [0.25, 0.3) is 0 Å². The van der Waals surface area contributed by atoms with Crippen LogP contribution >= 0.6 is 22.9 Å². The minimum atomic E-state index is -0.0735. The van der Waals surface area contributed by atoms with Crippen LogP contribution in [0.25, 0.3) is 0 Å². The summed E-state index contributed by atoms with van der Waals surface area (Å²) in [4.78, 5) is 1.11. The second-order valence-corrected chi connectivity index (χ2v) is 6.23. The molecule has 5 heteroatoms. The largest absolute Gasteiger partial charge is 0.496 e. The molecule has 1 aromatic carbocycles. The molecule has 1 aromatic heterocycles. The SMILES string of the molecule is COc1csc(C(N)Cc2cc(Cl)cc3c2OCC3)c1. The zero-order chi connectivity index (χ0) is 14.1. The van der Waals surface area contributed by atoms with Crippen molar-refractivity contribution in [3.05, 3.63) is 44.6 Å².